The third kappa shape index (κ3) is 3.79. The molecule has 7 nitrogen and oxygen atoms in total. The molecule has 1 saturated heterocycles. The molecule has 0 bridgehead atoms. The van der Waals surface area contributed by atoms with Crippen LogP contribution in [0.3, 0.4) is 0 Å². The molecular weight excluding hydrogens is 400 g/mol. The molecule has 2 aliphatic rings. The molecule has 1 unspecified atom stereocenters. The zero-order valence-electron chi connectivity index (χ0n) is 18.6. The van der Waals surface area contributed by atoms with Gasteiger partial charge in [-0.05, 0) is 62.1 Å². The zero-order chi connectivity index (χ0) is 22.1. The lowest BCUT2D eigenvalue weighted by Gasteiger charge is -2.40. The number of nitrogens with zero attached hydrogens (tertiary/aromatic N) is 5. The molecule has 0 saturated carbocycles. The van der Waals surface area contributed by atoms with Gasteiger partial charge < -0.3 is 15.1 Å². The van der Waals surface area contributed by atoms with Crippen molar-refractivity contribution in [3.05, 3.63) is 54.5 Å². The summed E-state index contributed by atoms with van der Waals surface area (Å²) in [5.74, 6) is 1.58. The molecule has 2 aromatic heterocycles. The summed E-state index contributed by atoms with van der Waals surface area (Å²) in [6.45, 7) is 5.49. The summed E-state index contributed by atoms with van der Waals surface area (Å²) in [7, 11) is 0. The van der Waals surface area contributed by atoms with Crippen LogP contribution in [0.4, 0.5) is 23.1 Å². The normalized spacial score (nSPS) is 18.1. The number of rotatable bonds is 4. The molecule has 5 rings (SSSR count). The van der Waals surface area contributed by atoms with Gasteiger partial charge in [-0.2, -0.15) is 4.98 Å². The van der Waals surface area contributed by atoms with Gasteiger partial charge in [0, 0.05) is 30.7 Å². The number of aryl methyl sites for hydroxylation is 1. The Morgan fingerprint density at radius 3 is 2.69 bits per heavy atom. The summed E-state index contributed by atoms with van der Waals surface area (Å²) in [5, 5.41) is 3.33. The summed E-state index contributed by atoms with van der Waals surface area (Å²) in [6, 6.07) is 12.2. The maximum absolute atomic E-state index is 13.1. The summed E-state index contributed by atoms with van der Waals surface area (Å²) in [5.41, 5.74) is 5.01. The molecule has 164 valence electrons. The highest BCUT2D eigenvalue weighted by Gasteiger charge is 2.39. The van der Waals surface area contributed by atoms with E-state index in [0.29, 0.717) is 12.5 Å². The summed E-state index contributed by atoms with van der Waals surface area (Å²) in [4.78, 5) is 30.7. The number of hydrogen-bond donors (Lipinski definition) is 1. The van der Waals surface area contributed by atoms with Crippen molar-refractivity contribution in [2.75, 3.05) is 28.2 Å². The van der Waals surface area contributed by atoms with Crippen LogP contribution >= 0.6 is 0 Å². The van der Waals surface area contributed by atoms with Crippen molar-refractivity contribution in [2.45, 2.75) is 45.6 Å². The van der Waals surface area contributed by atoms with E-state index in [2.05, 4.69) is 38.4 Å². The first-order valence-electron chi connectivity index (χ1n) is 11.4. The zero-order valence-corrected chi connectivity index (χ0v) is 18.6. The van der Waals surface area contributed by atoms with Crippen LogP contribution in [0.1, 0.15) is 38.3 Å². The van der Waals surface area contributed by atoms with Crippen LogP contribution in [0, 0.1) is 6.92 Å². The van der Waals surface area contributed by atoms with E-state index in [1.165, 1.54) is 0 Å². The van der Waals surface area contributed by atoms with E-state index in [0.717, 1.165) is 66.2 Å². The molecule has 0 spiro atoms. The van der Waals surface area contributed by atoms with E-state index in [1.54, 1.807) is 6.20 Å². The van der Waals surface area contributed by atoms with Gasteiger partial charge in [-0.25, -0.2) is 4.98 Å². The highest BCUT2D eigenvalue weighted by atomic mass is 16.2. The first kappa shape index (κ1) is 20.4. The standard InChI is InChI=1S/C25H28N6O/c1-3-30-22-16-27-25(29-23(22)31-14-6-4-5-7-21(31)24(30)32)28-20-10-8-18(9-11-20)19-12-13-26-17(2)15-19/h8-13,15-16,21H,3-7,14H2,1-2H3,(H,27,28,29). The van der Waals surface area contributed by atoms with Crippen LogP contribution in [-0.2, 0) is 4.79 Å². The van der Waals surface area contributed by atoms with Gasteiger partial charge in [0.15, 0.2) is 5.82 Å². The number of carbonyl (C=O) groups is 1. The quantitative estimate of drug-likeness (QED) is 0.649. The van der Waals surface area contributed by atoms with Gasteiger partial charge in [0.25, 0.3) is 0 Å². The fourth-order valence-electron chi connectivity index (χ4n) is 4.67. The van der Waals surface area contributed by atoms with Crippen LogP contribution in [0.2, 0.25) is 0 Å². The van der Waals surface area contributed by atoms with Crippen LogP contribution in [0.15, 0.2) is 48.8 Å². The highest BCUT2D eigenvalue weighted by molar-refractivity contribution is 6.04. The molecule has 0 aliphatic carbocycles. The van der Waals surface area contributed by atoms with Crippen molar-refractivity contribution < 1.29 is 4.79 Å². The SMILES string of the molecule is CCN1C(=O)C2CCCCCN2c2nc(Nc3ccc(-c4ccnc(C)c4)cc3)ncc21. The second-order valence-corrected chi connectivity index (χ2v) is 8.43. The Kier molecular flexibility index (Phi) is 5.47. The average Bonchev–Trinajstić information content (AvgIpc) is 3.07. The van der Waals surface area contributed by atoms with Gasteiger partial charge in [0.05, 0.1) is 6.20 Å². The van der Waals surface area contributed by atoms with Gasteiger partial charge in [0.2, 0.25) is 11.9 Å². The van der Waals surface area contributed by atoms with Crippen molar-refractivity contribution in [1.29, 1.82) is 0 Å². The van der Waals surface area contributed by atoms with Gasteiger partial charge in [-0.15, -0.1) is 0 Å². The number of hydrogen-bond acceptors (Lipinski definition) is 6. The molecule has 1 atom stereocenters. The van der Waals surface area contributed by atoms with E-state index in [1.807, 2.05) is 43.1 Å². The van der Waals surface area contributed by atoms with Crippen molar-refractivity contribution >= 4 is 29.0 Å². The lowest BCUT2D eigenvalue weighted by Crippen LogP contribution is -2.53. The minimum Gasteiger partial charge on any atom is -0.343 e. The number of benzene rings is 1. The number of nitrogens with one attached hydrogen (secondary N) is 1. The second kappa shape index (κ2) is 8.57. The van der Waals surface area contributed by atoms with E-state index < -0.39 is 0 Å². The maximum Gasteiger partial charge on any atom is 0.249 e. The molecule has 1 amide bonds. The van der Waals surface area contributed by atoms with Crippen molar-refractivity contribution in [3.63, 3.8) is 0 Å². The lowest BCUT2D eigenvalue weighted by atomic mass is 10.1. The van der Waals surface area contributed by atoms with E-state index in [4.69, 9.17) is 4.98 Å². The Labute approximate surface area is 188 Å². The number of carbonyl (C=O) groups excluding carboxylic acids is 1. The Hall–Kier alpha value is -3.48. The minimum atomic E-state index is -0.115. The molecule has 32 heavy (non-hydrogen) atoms. The topological polar surface area (TPSA) is 74.2 Å². The van der Waals surface area contributed by atoms with E-state index in [-0.39, 0.29) is 11.9 Å². The Bertz CT molecular complexity index is 1130. The molecule has 1 N–H and O–H groups in total. The predicted octanol–water partition coefficient (Wildman–Crippen LogP) is 4.71. The minimum absolute atomic E-state index is 0.115. The third-order valence-electron chi connectivity index (χ3n) is 6.30. The Morgan fingerprint density at radius 2 is 1.91 bits per heavy atom. The second-order valence-electron chi connectivity index (χ2n) is 8.43. The third-order valence-corrected chi connectivity index (χ3v) is 6.30. The van der Waals surface area contributed by atoms with Crippen LogP contribution in [0.25, 0.3) is 11.1 Å². The van der Waals surface area contributed by atoms with Crippen LogP contribution < -0.4 is 15.1 Å². The van der Waals surface area contributed by atoms with Gasteiger partial charge in [0.1, 0.15) is 11.7 Å². The van der Waals surface area contributed by atoms with E-state index in [9.17, 15) is 4.79 Å². The summed E-state index contributed by atoms with van der Waals surface area (Å²) < 4.78 is 0. The number of likely N-dealkylation sites (N-methyl/N-ethyl adjacent to an activating group) is 1. The van der Waals surface area contributed by atoms with Crippen LogP contribution in [-0.4, -0.2) is 40.0 Å². The number of anilines is 4. The van der Waals surface area contributed by atoms with Gasteiger partial charge in [-0.1, -0.05) is 25.0 Å². The molecule has 1 fully saturated rings. The summed E-state index contributed by atoms with van der Waals surface area (Å²) >= 11 is 0. The monoisotopic (exact) mass is 428 g/mol. The van der Waals surface area contributed by atoms with Crippen molar-refractivity contribution in [2.24, 2.45) is 0 Å². The molecule has 3 aromatic rings. The molecule has 1 aromatic carbocycles. The fraction of sp³-hybridized carbons (Fsp3) is 0.360. The average molecular weight is 429 g/mol. The Balaban J connectivity index is 1.42. The molecular formula is C25H28N6O. The first-order valence-corrected chi connectivity index (χ1v) is 11.4. The first-order chi connectivity index (χ1) is 15.6. The van der Waals surface area contributed by atoms with E-state index >= 15 is 0 Å². The molecule has 7 heteroatoms. The van der Waals surface area contributed by atoms with Crippen LogP contribution in [0.5, 0.6) is 0 Å². The highest BCUT2D eigenvalue weighted by Crippen LogP contribution is 2.37. The number of aromatic nitrogens is 3. The van der Waals surface area contributed by atoms with Gasteiger partial charge in [-0.3, -0.25) is 9.78 Å². The fourth-order valence-corrected chi connectivity index (χ4v) is 4.67. The van der Waals surface area contributed by atoms with Crippen molar-refractivity contribution in [1.82, 2.24) is 15.0 Å². The van der Waals surface area contributed by atoms with Crippen molar-refractivity contribution in [3.8, 4) is 11.1 Å². The Morgan fingerprint density at radius 1 is 1.06 bits per heavy atom. The summed E-state index contributed by atoms with van der Waals surface area (Å²) in [6.07, 6.45) is 7.82. The predicted molar refractivity (Wildman–Crippen MR) is 127 cm³/mol. The number of amides is 1. The van der Waals surface area contributed by atoms with Gasteiger partial charge >= 0.3 is 0 Å². The lowest BCUT2D eigenvalue weighted by molar-refractivity contribution is -0.120. The smallest absolute Gasteiger partial charge is 0.249 e. The molecule has 0 radical (unpaired) electrons. The molecule has 2 aliphatic heterocycles. The number of fused-ring (bicyclic) bond motifs is 3. The molecule has 4 heterocycles. The maximum atomic E-state index is 13.1. The largest absolute Gasteiger partial charge is 0.343 e. The number of pyridine rings is 1.